The maximum Gasteiger partial charge on any atom is 0.407 e. The molecule has 2 aliphatic heterocycles. The lowest BCUT2D eigenvalue weighted by Gasteiger charge is -2.48. The van der Waals surface area contributed by atoms with Gasteiger partial charge in [-0.25, -0.2) is 4.79 Å². The van der Waals surface area contributed by atoms with Crippen molar-refractivity contribution in [2.45, 2.75) is 180 Å². The van der Waals surface area contributed by atoms with Crippen LogP contribution in [0.2, 0.25) is 5.02 Å². The third-order valence-corrected chi connectivity index (χ3v) is 13.4. The van der Waals surface area contributed by atoms with E-state index in [0.717, 1.165) is 32.1 Å². The number of rotatable bonds is 10. The Bertz CT molecular complexity index is 1540. The first-order chi connectivity index (χ1) is 27.7. The van der Waals surface area contributed by atoms with Gasteiger partial charge in [0.05, 0.1) is 35.5 Å². The number of aliphatic hydroxyl groups is 3. The summed E-state index contributed by atoms with van der Waals surface area (Å²) in [7, 11) is 5.33. The Balaban J connectivity index is 1.86. The highest BCUT2D eigenvalue weighted by atomic mass is 35.5. The van der Waals surface area contributed by atoms with Crippen molar-refractivity contribution < 1.29 is 53.4 Å². The number of alkyl carbamates (subject to hydrolysis) is 1. The van der Waals surface area contributed by atoms with Gasteiger partial charge in [-0.05, 0) is 80.0 Å². The van der Waals surface area contributed by atoms with Crippen LogP contribution in [0.25, 0.3) is 0 Å². The third kappa shape index (κ3) is 12.1. The summed E-state index contributed by atoms with van der Waals surface area (Å²) >= 11 is 6.43. The lowest BCUT2D eigenvalue weighted by atomic mass is 9.73. The third-order valence-electron chi connectivity index (χ3n) is 13.0. The molecule has 1 amide bonds. The van der Waals surface area contributed by atoms with E-state index in [0.29, 0.717) is 22.7 Å². The van der Waals surface area contributed by atoms with Crippen molar-refractivity contribution in [3.8, 4) is 0 Å². The van der Waals surface area contributed by atoms with Crippen LogP contribution in [-0.2, 0) is 39.9 Å². The fraction of sp³-hybridized carbons (Fsp3) is 0.795. The van der Waals surface area contributed by atoms with E-state index in [4.69, 9.17) is 40.1 Å². The van der Waals surface area contributed by atoms with Gasteiger partial charge in [0.1, 0.15) is 30.5 Å². The summed E-state index contributed by atoms with van der Waals surface area (Å²) in [4.78, 5) is 35.9. The van der Waals surface area contributed by atoms with Gasteiger partial charge in [0.2, 0.25) is 0 Å². The predicted molar refractivity (Wildman–Crippen MR) is 225 cm³/mol. The summed E-state index contributed by atoms with van der Waals surface area (Å²) in [5, 5.41) is 43.9. The van der Waals surface area contributed by atoms with E-state index in [9.17, 15) is 24.9 Å². The van der Waals surface area contributed by atoms with Crippen LogP contribution in [0, 0.1) is 23.7 Å². The van der Waals surface area contributed by atoms with E-state index in [1.54, 1.807) is 33.9 Å². The number of carbonyl (C=O) groups excluding carboxylic acids is 2. The minimum Gasteiger partial charge on any atom is -0.459 e. The number of amides is 1. The Kier molecular flexibility index (Phi) is 17.9. The number of carbonyl (C=O) groups is 2. The van der Waals surface area contributed by atoms with E-state index < -0.39 is 83.7 Å². The monoisotopic (exact) mass is 853 g/mol. The molecule has 0 aromatic heterocycles. The first-order valence-corrected chi connectivity index (χ1v) is 21.8. The zero-order valence-corrected chi connectivity index (χ0v) is 37.8. The quantitative estimate of drug-likeness (QED) is 0.154. The topological polar surface area (TPSA) is 178 Å². The van der Waals surface area contributed by atoms with Gasteiger partial charge in [0.15, 0.2) is 6.29 Å². The van der Waals surface area contributed by atoms with Crippen molar-refractivity contribution in [1.82, 2.24) is 10.2 Å². The molecule has 4 rings (SSSR count). The molecule has 14 nitrogen and oxygen atoms in total. The molecule has 3 aliphatic rings. The molecule has 0 spiro atoms. The van der Waals surface area contributed by atoms with Crippen LogP contribution in [0.3, 0.4) is 0 Å². The summed E-state index contributed by atoms with van der Waals surface area (Å²) < 4.78 is 31.9. The summed E-state index contributed by atoms with van der Waals surface area (Å²) in [5.74, 6) is -3.90. The smallest absolute Gasteiger partial charge is 0.407 e. The van der Waals surface area contributed by atoms with Crippen LogP contribution in [0.15, 0.2) is 29.4 Å². The number of esters is 1. The SMILES string of the molecule is CC[C@H]1OC(=O)[C@H](C)[C@@H](OC(=O)NC2CCCCC2)[C@H](C)[C@@H](O[C@@H]2O[C@H](C)C[C@H](N(C)C)[C@H]2O)[C@](C)(OC)C[C@@H](C)/C(=N/OCc2ccccc2Cl)[C@H](C)[C@@H](O)[C@]1(C)O. The Morgan fingerprint density at radius 1 is 1.05 bits per heavy atom. The molecular formula is C44H72ClN3O11. The number of nitrogens with zero attached hydrogens (tertiary/aromatic N) is 2. The van der Waals surface area contributed by atoms with E-state index in [2.05, 4.69) is 10.5 Å². The number of ether oxygens (including phenoxy) is 5. The van der Waals surface area contributed by atoms with Gasteiger partial charge in [0.25, 0.3) is 0 Å². The number of oxime groups is 1. The molecular weight excluding hydrogens is 782 g/mol. The van der Waals surface area contributed by atoms with Gasteiger partial charge in [-0.1, -0.05) is 81.9 Å². The van der Waals surface area contributed by atoms with Crippen molar-refractivity contribution in [2.75, 3.05) is 21.2 Å². The molecule has 0 radical (unpaired) electrons. The molecule has 14 atom stereocenters. The number of hydrogen-bond acceptors (Lipinski definition) is 13. The van der Waals surface area contributed by atoms with E-state index in [1.807, 2.05) is 64.9 Å². The van der Waals surface area contributed by atoms with E-state index in [-0.39, 0.29) is 37.6 Å². The number of nitrogens with one attached hydrogen (secondary N) is 1. The molecule has 1 aliphatic carbocycles. The largest absolute Gasteiger partial charge is 0.459 e. The lowest BCUT2D eigenvalue weighted by Crippen LogP contribution is -2.61. The van der Waals surface area contributed by atoms with Gasteiger partial charge in [-0.2, -0.15) is 0 Å². The molecule has 59 heavy (non-hydrogen) atoms. The van der Waals surface area contributed by atoms with Crippen LogP contribution in [0.4, 0.5) is 4.79 Å². The Morgan fingerprint density at radius 2 is 1.71 bits per heavy atom. The summed E-state index contributed by atoms with van der Waals surface area (Å²) in [6.07, 6.45) is -2.23. The van der Waals surface area contributed by atoms with Crippen LogP contribution >= 0.6 is 11.6 Å². The number of likely N-dealkylation sites (N-methyl/N-ethyl adjacent to an activating group) is 1. The molecule has 4 N–H and O–H groups in total. The maximum atomic E-state index is 14.3. The Labute approximate surface area is 356 Å². The molecule has 15 heteroatoms. The lowest BCUT2D eigenvalue weighted by molar-refractivity contribution is -0.301. The summed E-state index contributed by atoms with van der Waals surface area (Å²) in [6, 6.07) is 6.88. The first kappa shape index (κ1) is 49.1. The summed E-state index contributed by atoms with van der Waals surface area (Å²) in [6.45, 7) is 14.1. The average Bonchev–Trinajstić information content (AvgIpc) is 3.19. The average molecular weight is 855 g/mol. The minimum absolute atomic E-state index is 0.0383. The van der Waals surface area contributed by atoms with Crippen LogP contribution in [-0.4, -0.2) is 125 Å². The Hall–Kier alpha value is -2.56. The van der Waals surface area contributed by atoms with E-state index in [1.165, 1.54) is 6.92 Å². The normalized spacial score (nSPS) is 39.0. The number of hydrogen-bond donors (Lipinski definition) is 4. The van der Waals surface area contributed by atoms with Crippen molar-refractivity contribution in [1.29, 1.82) is 0 Å². The second-order valence-corrected chi connectivity index (χ2v) is 18.3. The molecule has 0 bridgehead atoms. The molecule has 1 saturated carbocycles. The van der Waals surface area contributed by atoms with Gasteiger partial charge in [-0.3, -0.25) is 4.79 Å². The van der Waals surface area contributed by atoms with Crippen LogP contribution in [0.1, 0.15) is 112 Å². The van der Waals surface area contributed by atoms with Crippen molar-refractivity contribution in [3.63, 3.8) is 0 Å². The van der Waals surface area contributed by atoms with Crippen molar-refractivity contribution >= 4 is 29.4 Å². The maximum absolute atomic E-state index is 14.3. The number of halogens is 1. The molecule has 2 saturated heterocycles. The van der Waals surface area contributed by atoms with Gasteiger partial charge >= 0.3 is 12.1 Å². The molecule has 336 valence electrons. The second-order valence-electron chi connectivity index (χ2n) is 17.9. The van der Waals surface area contributed by atoms with E-state index >= 15 is 0 Å². The molecule has 1 aromatic carbocycles. The Morgan fingerprint density at radius 3 is 2.32 bits per heavy atom. The fourth-order valence-corrected chi connectivity index (χ4v) is 9.52. The number of cyclic esters (lactones) is 1. The first-order valence-electron chi connectivity index (χ1n) is 21.5. The van der Waals surface area contributed by atoms with Crippen molar-refractivity contribution in [3.05, 3.63) is 34.9 Å². The second kappa shape index (κ2) is 21.5. The van der Waals surface area contributed by atoms with Crippen LogP contribution in [0.5, 0.6) is 0 Å². The number of benzene rings is 1. The molecule has 0 unspecified atom stereocenters. The highest BCUT2D eigenvalue weighted by molar-refractivity contribution is 6.31. The van der Waals surface area contributed by atoms with Crippen LogP contribution < -0.4 is 5.32 Å². The number of aliphatic hydroxyl groups excluding tert-OH is 2. The molecule has 1 aromatic rings. The molecule has 3 fully saturated rings. The highest BCUT2D eigenvalue weighted by Crippen LogP contribution is 2.40. The standard InChI is InChI=1S/C44H72ClN3O11/c1-12-34-44(8,53)38(50)27(4)35(47-55-24-30-18-16-17-21-32(30)45)25(2)23-43(7,54-11)39(59-41-36(49)33(48(9)10)22-26(3)56-41)28(5)37(29(6)40(51)57-34)58-42(52)46-31-19-14-13-15-20-31/h16-18,21,25-29,31,33-34,36-39,41,49-50,53H,12-15,19-20,22-24H2,1-11H3,(H,46,52)/b47-35-/t25-,26-,27+,28+,29-,33+,34-,36-,37+,38-,39-,41+,43-,44-/m1/s1. The zero-order chi connectivity index (χ0) is 43.8. The molecule has 2 heterocycles. The van der Waals surface area contributed by atoms with Crippen molar-refractivity contribution in [2.24, 2.45) is 28.8 Å². The minimum atomic E-state index is -1.94. The number of methoxy groups -OCH3 is 1. The highest BCUT2D eigenvalue weighted by Gasteiger charge is 2.53. The van der Waals surface area contributed by atoms with Gasteiger partial charge in [0, 0.05) is 47.5 Å². The summed E-state index contributed by atoms with van der Waals surface area (Å²) in [5.41, 5.74) is -2.07. The van der Waals surface area contributed by atoms with Gasteiger partial charge < -0.3 is 54.1 Å². The predicted octanol–water partition coefficient (Wildman–Crippen LogP) is 6.24. The van der Waals surface area contributed by atoms with Gasteiger partial charge in [-0.15, -0.1) is 0 Å². The zero-order valence-electron chi connectivity index (χ0n) is 37.1. The fourth-order valence-electron chi connectivity index (χ4n) is 9.33.